The lowest BCUT2D eigenvalue weighted by Gasteiger charge is -2.00. The van der Waals surface area contributed by atoms with Crippen LogP contribution >= 0.6 is 0 Å². The van der Waals surface area contributed by atoms with Crippen molar-refractivity contribution >= 4 is 5.78 Å². The molecule has 1 aliphatic rings. The van der Waals surface area contributed by atoms with Gasteiger partial charge in [0.15, 0.2) is 5.76 Å². The van der Waals surface area contributed by atoms with Crippen molar-refractivity contribution in [2.45, 2.75) is 6.42 Å². The summed E-state index contributed by atoms with van der Waals surface area (Å²) in [6, 6.07) is 1.62. The number of ether oxygens (including phenoxy) is 1. The van der Waals surface area contributed by atoms with Gasteiger partial charge < -0.3 is 4.74 Å². The molecular weight excluding hydrogens is 168 g/mol. The summed E-state index contributed by atoms with van der Waals surface area (Å²) in [5, 5.41) is 7.22. The van der Waals surface area contributed by atoms with Crippen molar-refractivity contribution in [1.29, 1.82) is 0 Å². The van der Waals surface area contributed by atoms with Gasteiger partial charge in [0, 0.05) is 12.0 Å². The molecule has 1 aromatic rings. The van der Waals surface area contributed by atoms with Gasteiger partial charge in [-0.3, -0.25) is 4.79 Å². The highest BCUT2D eigenvalue weighted by Gasteiger charge is 2.16. The smallest absolute Gasteiger partial charge is 0.228 e. The average molecular weight is 176 g/mol. The van der Waals surface area contributed by atoms with Crippen LogP contribution in [0.1, 0.15) is 16.8 Å². The number of carbonyl (C=O) groups is 1. The standard InChI is InChI=1S/C9H8N2O2/c12-9(8-2-1-5-13-8)7-3-4-10-11-6-7/h2-4,6H,1,5H2. The Hall–Kier alpha value is -1.71. The van der Waals surface area contributed by atoms with Gasteiger partial charge >= 0.3 is 0 Å². The first kappa shape index (κ1) is 7.91. The zero-order valence-electron chi connectivity index (χ0n) is 6.93. The molecule has 4 heteroatoms. The fraction of sp³-hybridized carbons (Fsp3) is 0.222. The maximum Gasteiger partial charge on any atom is 0.228 e. The van der Waals surface area contributed by atoms with Crippen LogP contribution in [-0.4, -0.2) is 22.6 Å². The van der Waals surface area contributed by atoms with Crippen LogP contribution in [0.25, 0.3) is 0 Å². The zero-order valence-corrected chi connectivity index (χ0v) is 6.93. The second-order valence-corrected chi connectivity index (χ2v) is 2.67. The minimum Gasteiger partial charge on any atom is -0.489 e. The molecule has 0 amide bonds. The van der Waals surface area contributed by atoms with Crippen LogP contribution in [0.3, 0.4) is 0 Å². The number of aromatic nitrogens is 2. The van der Waals surface area contributed by atoms with Crippen LogP contribution in [0, 0.1) is 0 Å². The number of ketones is 1. The van der Waals surface area contributed by atoms with E-state index in [9.17, 15) is 4.79 Å². The normalized spacial score (nSPS) is 14.9. The third-order valence-corrected chi connectivity index (χ3v) is 1.78. The first-order valence-electron chi connectivity index (χ1n) is 4.02. The topological polar surface area (TPSA) is 52.1 Å². The van der Waals surface area contributed by atoms with Crippen molar-refractivity contribution in [2.75, 3.05) is 6.61 Å². The largest absolute Gasteiger partial charge is 0.489 e. The molecule has 0 bridgehead atoms. The molecule has 0 N–H and O–H groups in total. The summed E-state index contributed by atoms with van der Waals surface area (Å²) in [4.78, 5) is 11.6. The van der Waals surface area contributed by atoms with E-state index in [1.807, 2.05) is 0 Å². The molecule has 1 aromatic heterocycles. The number of hydrogen-bond acceptors (Lipinski definition) is 4. The van der Waals surface area contributed by atoms with Gasteiger partial charge in [0.2, 0.25) is 5.78 Å². The fourth-order valence-corrected chi connectivity index (χ4v) is 1.14. The first-order chi connectivity index (χ1) is 6.38. The molecular formula is C9H8N2O2. The SMILES string of the molecule is O=C(C1=CCCO1)c1ccnnc1. The Balaban J connectivity index is 2.23. The summed E-state index contributed by atoms with van der Waals surface area (Å²) in [5.41, 5.74) is 0.517. The molecule has 0 saturated carbocycles. The molecule has 0 aliphatic carbocycles. The molecule has 13 heavy (non-hydrogen) atoms. The molecule has 2 rings (SSSR count). The predicted molar refractivity (Wildman–Crippen MR) is 45.0 cm³/mol. The van der Waals surface area contributed by atoms with Crippen molar-refractivity contribution in [2.24, 2.45) is 0 Å². The van der Waals surface area contributed by atoms with Crippen molar-refractivity contribution < 1.29 is 9.53 Å². The molecule has 1 aliphatic heterocycles. The summed E-state index contributed by atoms with van der Waals surface area (Å²) in [7, 11) is 0. The molecule has 0 atom stereocenters. The molecule has 4 nitrogen and oxygen atoms in total. The van der Waals surface area contributed by atoms with Gasteiger partial charge in [-0.2, -0.15) is 10.2 Å². The van der Waals surface area contributed by atoms with Crippen molar-refractivity contribution in [1.82, 2.24) is 10.2 Å². The van der Waals surface area contributed by atoms with Gasteiger partial charge in [0.1, 0.15) is 0 Å². The molecule has 0 saturated heterocycles. The molecule has 0 radical (unpaired) electrons. The van der Waals surface area contributed by atoms with E-state index in [-0.39, 0.29) is 5.78 Å². The minimum atomic E-state index is -0.118. The second-order valence-electron chi connectivity index (χ2n) is 2.67. The monoisotopic (exact) mass is 176 g/mol. The Morgan fingerprint density at radius 3 is 3.00 bits per heavy atom. The highest BCUT2D eigenvalue weighted by molar-refractivity contribution is 6.07. The van der Waals surface area contributed by atoms with Gasteiger partial charge in [-0.15, -0.1) is 0 Å². The minimum absolute atomic E-state index is 0.118. The summed E-state index contributed by atoms with van der Waals surface area (Å²) < 4.78 is 5.13. The number of Topliss-reactive ketones (excluding diaryl/α,β-unsaturated/α-hetero) is 1. The number of hydrogen-bond donors (Lipinski definition) is 0. The third kappa shape index (κ3) is 1.56. The van der Waals surface area contributed by atoms with E-state index < -0.39 is 0 Å². The van der Waals surface area contributed by atoms with Crippen LogP contribution in [0.4, 0.5) is 0 Å². The average Bonchev–Trinajstić information content (AvgIpc) is 2.71. The van der Waals surface area contributed by atoms with Crippen molar-refractivity contribution in [3.8, 4) is 0 Å². The van der Waals surface area contributed by atoms with Gasteiger partial charge in [0.05, 0.1) is 19.0 Å². The van der Waals surface area contributed by atoms with Crippen LogP contribution < -0.4 is 0 Å². The summed E-state index contributed by atoms with van der Waals surface area (Å²) in [6.07, 6.45) is 5.52. The summed E-state index contributed by atoms with van der Waals surface area (Å²) in [5.74, 6) is 0.306. The Morgan fingerprint density at radius 2 is 2.38 bits per heavy atom. The Kier molecular flexibility index (Phi) is 2.04. The van der Waals surface area contributed by atoms with Gasteiger partial charge in [-0.1, -0.05) is 0 Å². The van der Waals surface area contributed by atoms with E-state index in [4.69, 9.17) is 4.74 Å². The summed E-state index contributed by atoms with van der Waals surface area (Å²) >= 11 is 0. The molecule has 0 spiro atoms. The second kappa shape index (κ2) is 3.35. The van der Waals surface area contributed by atoms with Crippen LogP contribution in [0.2, 0.25) is 0 Å². The van der Waals surface area contributed by atoms with Crippen LogP contribution in [0.5, 0.6) is 0 Å². The first-order valence-corrected chi connectivity index (χ1v) is 4.02. The van der Waals surface area contributed by atoms with Gasteiger partial charge in [-0.25, -0.2) is 0 Å². The maximum atomic E-state index is 11.6. The lowest BCUT2D eigenvalue weighted by Crippen LogP contribution is -2.04. The van der Waals surface area contributed by atoms with E-state index in [0.717, 1.165) is 6.42 Å². The third-order valence-electron chi connectivity index (χ3n) is 1.78. The Bertz CT molecular complexity index is 346. The van der Waals surface area contributed by atoms with Gasteiger partial charge in [-0.05, 0) is 12.1 Å². The van der Waals surface area contributed by atoms with Crippen molar-refractivity contribution in [3.05, 3.63) is 35.9 Å². The highest BCUT2D eigenvalue weighted by atomic mass is 16.5. The van der Waals surface area contributed by atoms with E-state index in [1.54, 1.807) is 12.1 Å². The van der Waals surface area contributed by atoms with E-state index in [1.165, 1.54) is 12.4 Å². The lowest BCUT2D eigenvalue weighted by molar-refractivity contribution is 0.0942. The molecule has 66 valence electrons. The number of nitrogens with zero attached hydrogens (tertiary/aromatic N) is 2. The van der Waals surface area contributed by atoms with E-state index in [2.05, 4.69) is 10.2 Å². The van der Waals surface area contributed by atoms with Crippen LogP contribution in [0.15, 0.2) is 30.3 Å². The number of rotatable bonds is 2. The lowest BCUT2D eigenvalue weighted by atomic mass is 10.2. The Labute approximate surface area is 75.2 Å². The fourth-order valence-electron chi connectivity index (χ4n) is 1.14. The molecule has 0 aromatic carbocycles. The summed E-state index contributed by atoms with van der Waals surface area (Å²) in [6.45, 7) is 0.597. The number of carbonyl (C=O) groups excluding carboxylic acids is 1. The van der Waals surface area contributed by atoms with E-state index >= 15 is 0 Å². The molecule has 0 fully saturated rings. The van der Waals surface area contributed by atoms with Crippen molar-refractivity contribution in [3.63, 3.8) is 0 Å². The predicted octanol–water partition coefficient (Wildman–Crippen LogP) is 0.964. The number of allylic oxidation sites excluding steroid dienone is 1. The maximum absolute atomic E-state index is 11.6. The zero-order chi connectivity index (χ0) is 9.10. The van der Waals surface area contributed by atoms with Gasteiger partial charge in [0.25, 0.3) is 0 Å². The van der Waals surface area contributed by atoms with E-state index in [0.29, 0.717) is 17.9 Å². The Morgan fingerprint density at radius 1 is 1.46 bits per heavy atom. The molecule has 2 heterocycles. The highest BCUT2D eigenvalue weighted by Crippen LogP contribution is 2.14. The van der Waals surface area contributed by atoms with Crippen LogP contribution in [-0.2, 0) is 4.74 Å². The quantitative estimate of drug-likeness (QED) is 0.630. The molecule has 0 unspecified atom stereocenters.